The van der Waals surface area contributed by atoms with Gasteiger partial charge in [-0.15, -0.1) is 0 Å². The second-order valence-corrected chi connectivity index (χ2v) is 5.26. The van der Waals surface area contributed by atoms with Crippen LogP contribution in [0.25, 0.3) is 6.08 Å². The number of carbonyl (C=O) groups excluding carboxylic acids is 1. The van der Waals surface area contributed by atoms with Gasteiger partial charge in [-0.05, 0) is 35.9 Å². The fourth-order valence-electron chi connectivity index (χ4n) is 2.37. The standard InChI is InChI=1S/C18H13F3N2O2/c1-25-12-8-6-11(7-9-12)10-13-16(18(19,20)21)22-14-4-2-3-5-15(14)23-17(13)24/h2-10H,1H3,(H,23,24)/b13-10+. The average Bonchev–Trinajstić information content (AvgIpc) is 2.72. The number of aliphatic imine (C=N–C) groups is 1. The molecule has 0 aromatic heterocycles. The number of amides is 1. The van der Waals surface area contributed by atoms with E-state index in [4.69, 9.17) is 4.74 Å². The van der Waals surface area contributed by atoms with Crippen molar-refractivity contribution in [2.24, 2.45) is 4.99 Å². The molecule has 0 spiro atoms. The average molecular weight is 346 g/mol. The van der Waals surface area contributed by atoms with Gasteiger partial charge in [0.2, 0.25) is 0 Å². The van der Waals surface area contributed by atoms with Crippen molar-refractivity contribution in [2.75, 3.05) is 12.4 Å². The SMILES string of the molecule is COc1ccc(/C=C2/C(=O)Nc3ccccc3N=C2C(F)(F)F)cc1. The highest BCUT2D eigenvalue weighted by Gasteiger charge is 2.41. The van der Waals surface area contributed by atoms with Crippen LogP contribution in [0, 0.1) is 0 Å². The minimum Gasteiger partial charge on any atom is -0.497 e. The summed E-state index contributed by atoms with van der Waals surface area (Å²) in [6.45, 7) is 0. The van der Waals surface area contributed by atoms with Crippen LogP contribution in [0.15, 0.2) is 59.1 Å². The number of methoxy groups -OCH3 is 1. The number of para-hydroxylation sites is 2. The number of halogens is 3. The van der Waals surface area contributed by atoms with E-state index < -0.39 is 23.4 Å². The van der Waals surface area contributed by atoms with Gasteiger partial charge < -0.3 is 10.1 Å². The molecule has 1 heterocycles. The Hall–Kier alpha value is -3.09. The number of rotatable bonds is 2. The van der Waals surface area contributed by atoms with Crippen molar-refractivity contribution in [2.45, 2.75) is 6.18 Å². The quantitative estimate of drug-likeness (QED) is 0.821. The summed E-state index contributed by atoms with van der Waals surface area (Å²) in [5.74, 6) is -0.304. The summed E-state index contributed by atoms with van der Waals surface area (Å²) in [6.07, 6.45) is -3.61. The van der Waals surface area contributed by atoms with E-state index in [9.17, 15) is 18.0 Å². The Labute approximate surface area is 141 Å². The van der Waals surface area contributed by atoms with E-state index in [1.54, 1.807) is 36.4 Å². The predicted octanol–water partition coefficient (Wildman–Crippen LogP) is 4.37. The molecule has 2 aromatic rings. The second-order valence-electron chi connectivity index (χ2n) is 5.26. The van der Waals surface area contributed by atoms with Gasteiger partial charge >= 0.3 is 6.18 Å². The van der Waals surface area contributed by atoms with Crippen molar-refractivity contribution in [1.29, 1.82) is 0 Å². The summed E-state index contributed by atoms with van der Waals surface area (Å²) in [4.78, 5) is 16.1. The molecule has 0 atom stereocenters. The highest BCUT2D eigenvalue weighted by Crippen LogP contribution is 2.34. The first kappa shape index (κ1) is 16.8. The number of hydrogen-bond donors (Lipinski definition) is 1. The van der Waals surface area contributed by atoms with E-state index in [2.05, 4.69) is 10.3 Å². The third-order valence-corrected chi connectivity index (χ3v) is 3.58. The number of carbonyl (C=O) groups is 1. The third kappa shape index (κ3) is 3.55. The molecule has 0 aliphatic carbocycles. The first-order valence-electron chi connectivity index (χ1n) is 7.31. The van der Waals surface area contributed by atoms with Crippen molar-refractivity contribution in [3.63, 3.8) is 0 Å². The van der Waals surface area contributed by atoms with Crippen molar-refractivity contribution in [3.05, 3.63) is 59.7 Å². The summed E-state index contributed by atoms with van der Waals surface area (Å²) < 4.78 is 45.5. The Bertz CT molecular complexity index is 869. The van der Waals surface area contributed by atoms with E-state index >= 15 is 0 Å². The van der Waals surface area contributed by atoms with Gasteiger partial charge in [-0.3, -0.25) is 4.79 Å². The van der Waals surface area contributed by atoms with Gasteiger partial charge in [0.25, 0.3) is 5.91 Å². The normalized spacial score (nSPS) is 15.9. The molecule has 25 heavy (non-hydrogen) atoms. The molecule has 3 rings (SSSR count). The van der Waals surface area contributed by atoms with Crippen molar-refractivity contribution in [3.8, 4) is 5.75 Å². The molecule has 1 aliphatic heterocycles. The van der Waals surface area contributed by atoms with E-state index in [-0.39, 0.29) is 11.4 Å². The van der Waals surface area contributed by atoms with Crippen LogP contribution in [0.2, 0.25) is 0 Å². The lowest BCUT2D eigenvalue weighted by atomic mass is 10.0. The third-order valence-electron chi connectivity index (χ3n) is 3.58. The Morgan fingerprint density at radius 1 is 1.08 bits per heavy atom. The number of nitrogens with zero attached hydrogens (tertiary/aromatic N) is 1. The second kappa shape index (κ2) is 6.43. The van der Waals surface area contributed by atoms with Crippen molar-refractivity contribution in [1.82, 2.24) is 0 Å². The molecule has 0 saturated heterocycles. The highest BCUT2D eigenvalue weighted by atomic mass is 19.4. The van der Waals surface area contributed by atoms with Crippen molar-refractivity contribution < 1.29 is 22.7 Å². The largest absolute Gasteiger partial charge is 0.497 e. The van der Waals surface area contributed by atoms with Crippen LogP contribution >= 0.6 is 0 Å². The number of anilines is 1. The molecular weight excluding hydrogens is 333 g/mol. The molecule has 128 valence electrons. The topological polar surface area (TPSA) is 50.7 Å². The van der Waals surface area contributed by atoms with Crippen LogP contribution in [-0.4, -0.2) is 24.9 Å². The van der Waals surface area contributed by atoms with Gasteiger partial charge in [0.1, 0.15) is 5.75 Å². The van der Waals surface area contributed by atoms with Crippen LogP contribution in [0.1, 0.15) is 5.56 Å². The Morgan fingerprint density at radius 3 is 2.40 bits per heavy atom. The first-order valence-corrected chi connectivity index (χ1v) is 7.31. The predicted molar refractivity (Wildman–Crippen MR) is 89.2 cm³/mol. The van der Waals surface area contributed by atoms with Gasteiger partial charge in [-0.1, -0.05) is 24.3 Å². The van der Waals surface area contributed by atoms with E-state index in [0.29, 0.717) is 11.3 Å². The van der Waals surface area contributed by atoms with E-state index in [1.807, 2.05) is 0 Å². The zero-order valence-corrected chi connectivity index (χ0v) is 13.1. The molecule has 0 fully saturated rings. The number of hydrogen-bond acceptors (Lipinski definition) is 3. The molecule has 1 N–H and O–H groups in total. The summed E-state index contributed by atoms with van der Waals surface area (Å²) in [5.41, 5.74) is -1.07. The monoisotopic (exact) mass is 346 g/mol. The number of alkyl halides is 3. The lowest BCUT2D eigenvalue weighted by Crippen LogP contribution is -2.30. The Morgan fingerprint density at radius 2 is 1.76 bits per heavy atom. The van der Waals surface area contributed by atoms with E-state index in [0.717, 1.165) is 6.08 Å². The van der Waals surface area contributed by atoms with Gasteiger partial charge in [0, 0.05) is 0 Å². The summed E-state index contributed by atoms with van der Waals surface area (Å²) in [7, 11) is 1.48. The molecule has 0 saturated carbocycles. The zero-order valence-electron chi connectivity index (χ0n) is 13.1. The molecule has 2 aromatic carbocycles. The van der Waals surface area contributed by atoms with Gasteiger partial charge in [-0.25, -0.2) is 4.99 Å². The maximum Gasteiger partial charge on any atom is 0.434 e. The molecule has 4 nitrogen and oxygen atoms in total. The maximum absolute atomic E-state index is 13.5. The molecule has 0 bridgehead atoms. The summed E-state index contributed by atoms with van der Waals surface area (Å²) in [6, 6.07) is 12.4. The van der Waals surface area contributed by atoms with Gasteiger partial charge in [-0.2, -0.15) is 13.2 Å². The Balaban J connectivity index is 2.13. The fourth-order valence-corrected chi connectivity index (χ4v) is 2.37. The summed E-state index contributed by atoms with van der Waals surface area (Å²) in [5, 5.41) is 2.47. The van der Waals surface area contributed by atoms with Crippen LogP contribution in [0.5, 0.6) is 5.75 Å². The maximum atomic E-state index is 13.5. The lowest BCUT2D eigenvalue weighted by Gasteiger charge is -2.11. The molecular formula is C18H13F3N2O2. The minimum atomic E-state index is -4.77. The molecule has 7 heteroatoms. The first-order chi connectivity index (χ1) is 11.9. The molecule has 1 amide bonds. The number of fused-ring (bicyclic) bond motifs is 1. The van der Waals surface area contributed by atoms with Crippen LogP contribution in [-0.2, 0) is 4.79 Å². The number of ether oxygens (including phenoxy) is 1. The van der Waals surface area contributed by atoms with Gasteiger partial charge in [0.05, 0.1) is 24.1 Å². The Kier molecular flexibility index (Phi) is 4.31. The minimum absolute atomic E-state index is 0.0568. The molecule has 0 radical (unpaired) electrons. The number of nitrogens with one attached hydrogen (secondary N) is 1. The highest BCUT2D eigenvalue weighted by molar-refractivity contribution is 6.31. The van der Waals surface area contributed by atoms with Crippen molar-refractivity contribution >= 4 is 29.1 Å². The molecule has 1 aliphatic rings. The molecule has 0 unspecified atom stereocenters. The van der Waals surface area contributed by atoms with Crippen LogP contribution < -0.4 is 10.1 Å². The smallest absolute Gasteiger partial charge is 0.434 e. The lowest BCUT2D eigenvalue weighted by molar-refractivity contribution is -0.112. The van der Waals surface area contributed by atoms with Gasteiger partial charge in [0.15, 0.2) is 5.71 Å². The fraction of sp³-hybridized carbons (Fsp3) is 0.111. The summed E-state index contributed by atoms with van der Waals surface area (Å²) >= 11 is 0. The van der Waals surface area contributed by atoms with Crippen LogP contribution in [0.3, 0.4) is 0 Å². The van der Waals surface area contributed by atoms with Crippen LogP contribution in [0.4, 0.5) is 24.5 Å². The van der Waals surface area contributed by atoms with E-state index in [1.165, 1.54) is 19.2 Å². The zero-order chi connectivity index (χ0) is 18.0. The number of benzene rings is 2.